The summed E-state index contributed by atoms with van der Waals surface area (Å²) in [5.74, 6) is 0.286. The summed E-state index contributed by atoms with van der Waals surface area (Å²) < 4.78 is 15.3. The van der Waals surface area contributed by atoms with Gasteiger partial charge in [0.15, 0.2) is 0 Å². The summed E-state index contributed by atoms with van der Waals surface area (Å²) in [6.07, 6.45) is 0.991. The molecule has 0 heterocycles. The van der Waals surface area contributed by atoms with Gasteiger partial charge in [-0.05, 0) is 25.8 Å². The van der Waals surface area contributed by atoms with E-state index in [0.29, 0.717) is 19.1 Å². The summed E-state index contributed by atoms with van der Waals surface area (Å²) in [6, 6.07) is 0. The second kappa shape index (κ2) is 12.8. The van der Waals surface area contributed by atoms with Crippen LogP contribution in [0.25, 0.3) is 0 Å². The third-order valence-electron chi connectivity index (χ3n) is 2.04. The highest BCUT2D eigenvalue weighted by Crippen LogP contribution is 1.92. The number of carbonyl (C=O) groups is 1. The van der Waals surface area contributed by atoms with Gasteiger partial charge in [0.25, 0.3) is 0 Å². The van der Waals surface area contributed by atoms with Crippen LogP contribution in [-0.2, 0) is 19.0 Å². The Morgan fingerprint density at radius 1 is 1.17 bits per heavy atom. The molecule has 0 rings (SSSR count). The summed E-state index contributed by atoms with van der Waals surface area (Å²) in [7, 11) is 0. The fourth-order valence-electron chi connectivity index (χ4n) is 1.25. The van der Waals surface area contributed by atoms with E-state index in [9.17, 15) is 4.79 Å². The first-order valence-corrected chi connectivity index (χ1v) is 6.68. The van der Waals surface area contributed by atoms with Gasteiger partial charge in [0, 0.05) is 19.8 Å². The smallest absolute Gasteiger partial charge is 0.332 e. The Morgan fingerprint density at radius 3 is 2.61 bits per heavy atom. The Bertz CT molecular complexity index is 197. The van der Waals surface area contributed by atoms with Crippen molar-refractivity contribution in [2.45, 2.75) is 27.2 Å². The average molecular weight is 261 g/mol. The Hall–Kier alpha value is -0.650. The third kappa shape index (κ3) is 13.4. The standard InChI is InChI=1S/C13H27NO4/c1-4-18-13(15)11-17-9-7-14-6-5-8-16-10-12(2)3/h12,14H,4-11H2,1-3H3. The van der Waals surface area contributed by atoms with Crippen molar-refractivity contribution in [1.82, 2.24) is 5.32 Å². The summed E-state index contributed by atoms with van der Waals surface area (Å²) in [5, 5.41) is 3.22. The van der Waals surface area contributed by atoms with Crippen molar-refractivity contribution in [2.24, 2.45) is 5.92 Å². The quantitative estimate of drug-likeness (QED) is 0.423. The highest BCUT2D eigenvalue weighted by molar-refractivity contribution is 5.70. The number of nitrogens with one attached hydrogen (secondary N) is 1. The van der Waals surface area contributed by atoms with E-state index in [-0.39, 0.29) is 12.6 Å². The minimum Gasteiger partial charge on any atom is -0.464 e. The van der Waals surface area contributed by atoms with Gasteiger partial charge in [0.1, 0.15) is 6.61 Å². The molecule has 0 unspecified atom stereocenters. The van der Waals surface area contributed by atoms with Crippen molar-refractivity contribution in [3.05, 3.63) is 0 Å². The lowest BCUT2D eigenvalue weighted by Crippen LogP contribution is -2.23. The maximum absolute atomic E-state index is 10.9. The van der Waals surface area contributed by atoms with Crippen molar-refractivity contribution in [1.29, 1.82) is 0 Å². The molecule has 18 heavy (non-hydrogen) atoms. The van der Waals surface area contributed by atoms with Gasteiger partial charge in [-0.2, -0.15) is 0 Å². The van der Waals surface area contributed by atoms with Crippen molar-refractivity contribution in [3.63, 3.8) is 0 Å². The molecule has 0 aromatic carbocycles. The SMILES string of the molecule is CCOC(=O)COCCNCCCOCC(C)C. The zero-order valence-corrected chi connectivity index (χ0v) is 11.9. The Balaban J connectivity index is 3.05. The predicted molar refractivity (Wildman–Crippen MR) is 70.6 cm³/mol. The second-order valence-electron chi connectivity index (χ2n) is 4.43. The molecule has 1 N–H and O–H groups in total. The molecule has 108 valence electrons. The van der Waals surface area contributed by atoms with Crippen LogP contribution in [0.2, 0.25) is 0 Å². The molecule has 0 atom stereocenters. The monoisotopic (exact) mass is 261 g/mol. The van der Waals surface area contributed by atoms with Gasteiger partial charge < -0.3 is 19.5 Å². The number of rotatable bonds is 12. The summed E-state index contributed by atoms with van der Waals surface area (Å²) in [6.45, 7) is 10.3. The lowest BCUT2D eigenvalue weighted by molar-refractivity contribution is -0.148. The van der Waals surface area contributed by atoms with E-state index in [1.54, 1.807) is 6.92 Å². The van der Waals surface area contributed by atoms with E-state index in [1.807, 2.05) is 0 Å². The highest BCUT2D eigenvalue weighted by atomic mass is 16.6. The van der Waals surface area contributed by atoms with Crippen molar-refractivity contribution in [2.75, 3.05) is 46.1 Å². The Kier molecular flexibility index (Phi) is 12.3. The first-order valence-electron chi connectivity index (χ1n) is 6.68. The molecule has 0 aromatic rings. The summed E-state index contributed by atoms with van der Waals surface area (Å²) in [4.78, 5) is 10.9. The number of hydrogen-bond donors (Lipinski definition) is 1. The van der Waals surface area contributed by atoms with Crippen molar-refractivity contribution >= 4 is 5.97 Å². The molecule has 0 fully saturated rings. The maximum atomic E-state index is 10.9. The largest absolute Gasteiger partial charge is 0.464 e. The lowest BCUT2D eigenvalue weighted by Gasteiger charge is -2.08. The molecule has 5 heteroatoms. The Morgan fingerprint density at radius 2 is 1.94 bits per heavy atom. The predicted octanol–water partition coefficient (Wildman–Crippen LogP) is 1.22. The minimum atomic E-state index is -0.306. The minimum absolute atomic E-state index is 0.0347. The molecule has 0 saturated heterocycles. The topological polar surface area (TPSA) is 56.8 Å². The van der Waals surface area contributed by atoms with Crippen LogP contribution in [0.4, 0.5) is 0 Å². The molecule has 0 aromatic heterocycles. The number of hydrogen-bond acceptors (Lipinski definition) is 5. The van der Waals surface area contributed by atoms with Crippen LogP contribution in [0.1, 0.15) is 27.2 Å². The van der Waals surface area contributed by atoms with E-state index in [0.717, 1.165) is 32.7 Å². The van der Waals surface area contributed by atoms with Crippen molar-refractivity contribution in [3.8, 4) is 0 Å². The van der Waals surface area contributed by atoms with E-state index in [2.05, 4.69) is 19.2 Å². The molecule has 5 nitrogen and oxygen atoms in total. The number of carbonyl (C=O) groups excluding carboxylic acids is 1. The van der Waals surface area contributed by atoms with Crippen LogP contribution in [0.15, 0.2) is 0 Å². The van der Waals surface area contributed by atoms with Crippen LogP contribution in [0.5, 0.6) is 0 Å². The molecule has 0 aliphatic rings. The molecular weight excluding hydrogens is 234 g/mol. The Labute approximate surface area is 110 Å². The summed E-state index contributed by atoms with van der Waals surface area (Å²) >= 11 is 0. The highest BCUT2D eigenvalue weighted by Gasteiger charge is 2.00. The zero-order chi connectivity index (χ0) is 13.6. The fraction of sp³-hybridized carbons (Fsp3) is 0.923. The average Bonchev–Trinajstić information content (AvgIpc) is 2.31. The molecule has 0 aliphatic carbocycles. The van der Waals surface area contributed by atoms with Gasteiger partial charge in [0.2, 0.25) is 0 Å². The van der Waals surface area contributed by atoms with Crippen LogP contribution in [-0.4, -0.2) is 52.1 Å². The molecule has 0 saturated carbocycles. The van der Waals surface area contributed by atoms with Gasteiger partial charge in [-0.15, -0.1) is 0 Å². The van der Waals surface area contributed by atoms with Crippen LogP contribution < -0.4 is 5.32 Å². The molecule has 0 bridgehead atoms. The van der Waals surface area contributed by atoms with Gasteiger partial charge in [-0.25, -0.2) is 4.79 Å². The van der Waals surface area contributed by atoms with Crippen LogP contribution in [0, 0.1) is 5.92 Å². The number of ether oxygens (including phenoxy) is 3. The molecular formula is C13H27NO4. The van der Waals surface area contributed by atoms with E-state index in [4.69, 9.17) is 14.2 Å². The van der Waals surface area contributed by atoms with E-state index < -0.39 is 0 Å². The second-order valence-corrected chi connectivity index (χ2v) is 4.43. The van der Waals surface area contributed by atoms with Crippen LogP contribution >= 0.6 is 0 Å². The molecule has 0 radical (unpaired) electrons. The third-order valence-corrected chi connectivity index (χ3v) is 2.04. The number of esters is 1. The summed E-state index contributed by atoms with van der Waals surface area (Å²) in [5.41, 5.74) is 0. The maximum Gasteiger partial charge on any atom is 0.332 e. The van der Waals surface area contributed by atoms with Gasteiger partial charge in [-0.1, -0.05) is 13.8 Å². The lowest BCUT2D eigenvalue weighted by atomic mass is 10.2. The first kappa shape index (κ1) is 17.4. The van der Waals surface area contributed by atoms with E-state index in [1.165, 1.54) is 0 Å². The molecule has 0 aliphatic heterocycles. The zero-order valence-electron chi connectivity index (χ0n) is 11.9. The normalized spacial score (nSPS) is 10.9. The van der Waals surface area contributed by atoms with Crippen molar-refractivity contribution < 1.29 is 19.0 Å². The molecule has 0 spiro atoms. The van der Waals surface area contributed by atoms with Gasteiger partial charge in [-0.3, -0.25) is 0 Å². The van der Waals surface area contributed by atoms with Gasteiger partial charge >= 0.3 is 5.97 Å². The fourth-order valence-corrected chi connectivity index (χ4v) is 1.25. The van der Waals surface area contributed by atoms with E-state index >= 15 is 0 Å². The first-order chi connectivity index (χ1) is 8.66. The molecule has 0 amide bonds. The van der Waals surface area contributed by atoms with Crippen LogP contribution in [0.3, 0.4) is 0 Å². The van der Waals surface area contributed by atoms with Gasteiger partial charge in [0.05, 0.1) is 13.2 Å².